The van der Waals surface area contributed by atoms with E-state index in [-0.39, 0.29) is 23.1 Å². The van der Waals surface area contributed by atoms with Crippen molar-refractivity contribution in [2.45, 2.75) is 57.9 Å². The largest absolute Gasteiger partial charge is 0.480 e. The topological polar surface area (TPSA) is 104 Å². The molecule has 1 amide bonds. The van der Waals surface area contributed by atoms with E-state index in [4.69, 9.17) is 0 Å². The molecule has 0 saturated carbocycles. The minimum atomic E-state index is -3.50. The lowest BCUT2D eigenvalue weighted by Crippen LogP contribution is -2.41. The SMILES string of the molecule is CCN(CC)S(=O)(=O)c1ccc(CCC(=O)NC(CC(C)C)C(=O)O)cc1. The zero-order chi connectivity index (χ0) is 20.6. The number of aryl methyl sites for hydroxylation is 1. The van der Waals surface area contributed by atoms with Crippen molar-refractivity contribution in [3.8, 4) is 0 Å². The van der Waals surface area contributed by atoms with E-state index in [2.05, 4.69) is 5.32 Å². The Morgan fingerprint density at radius 3 is 2.11 bits per heavy atom. The van der Waals surface area contributed by atoms with Gasteiger partial charge in [0.05, 0.1) is 4.90 Å². The Morgan fingerprint density at radius 1 is 1.11 bits per heavy atom. The van der Waals surface area contributed by atoms with Crippen molar-refractivity contribution < 1.29 is 23.1 Å². The third-order valence-corrected chi connectivity index (χ3v) is 6.31. The van der Waals surface area contributed by atoms with E-state index < -0.39 is 22.0 Å². The highest BCUT2D eigenvalue weighted by Gasteiger charge is 2.22. The summed E-state index contributed by atoms with van der Waals surface area (Å²) in [5, 5.41) is 11.7. The first-order chi connectivity index (χ1) is 12.6. The van der Waals surface area contributed by atoms with Crippen LogP contribution in [0.15, 0.2) is 29.2 Å². The summed E-state index contributed by atoms with van der Waals surface area (Å²) < 4.78 is 26.3. The van der Waals surface area contributed by atoms with E-state index in [9.17, 15) is 23.1 Å². The number of nitrogens with one attached hydrogen (secondary N) is 1. The van der Waals surface area contributed by atoms with Crippen LogP contribution in [-0.2, 0) is 26.0 Å². The van der Waals surface area contributed by atoms with Crippen molar-refractivity contribution >= 4 is 21.9 Å². The average Bonchev–Trinajstić information content (AvgIpc) is 2.60. The second-order valence-electron chi connectivity index (χ2n) is 6.82. The van der Waals surface area contributed by atoms with Crippen LogP contribution < -0.4 is 5.32 Å². The predicted molar refractivity (Wildman–Crippen MR) is 104 cm³/mol. The molecular formula is C19H30N2O5S. The number of nitrogens with zero attached hydrogens (tertiary/aromatic N) is 1. The van der Waals surface area contributed by atoms with Gasteiger partial charge in [-0.05, 0) is 36.5 Å². The number of benzene rings is 1. The van der Waals surface area contributed by atoms with E-state index in [1.807, 2.05) is 13.8 Å². The maximum atomic E-state index is 12.5. The molecule has 0 heterocycles. The highest BCUT2D eigenvalue weighted by atomic mass is 32.2. The van der Waals surface area contributed by atoms with Gasteiger partial charge in [-0.2, -0.15) is 4.31 Å². The second-order valence-corrected chi connectivity index (χ2v) is 8.76. The molecule has 1 atom stereocenters. The van der Waals surface area contributed by atoms with Gasteiger partial charge in [-0.15, -0.1) is 0 Å². The summed E-state index contributed by atoms with van der Waals surface area (Å²) in [6, 6.07) is 5.57. The molecule has 152 valence electrons. The van der Waals surface area contributed by atoms with Crippen LogP contribution in [0.3, 0.4) is 0 Å². The van der Waals surface area contributed by atoms with Gasteiger partial charge in [-0.25, -0.2) is 13.2 Å². The van der Waals surface area contributed by atoms with Crippen molar-refractivity contribution in [3.63, 3.8) is 0 Å². The molecular weight excluding hydrogens is 368 g/mol. The zero-order valence-corrected chi connectivity index (χ0v) is 17.3. The Kier molecular flexibility index (Phi) is 8.92. The number of rotatable bonds is 11. The van der Waals surface area contributed by atoms with E-state index in [1.54, 1.807) is 38.1 Å². The van der Waals surface area contributed by atoms with Crippen LogP contribution in [0.4, 0.5) is 0 Å². The fourth-order valence-electron chi connectivity index (χ4n) is 2.76. The molecule has 1 unspecified atom stereocenters. The van der Waals surface area contributed by atoms with Crippen LogP contribution in [0.25, 0.3) is 0 Å². The first-order valence-electron chi connectivity index (χ1n) is 9.23. The van der Waals surface area contributed by atoms with Gasteiger partial charge < -0.3 is 10.4 Å². The summed E-state index contributed by atoms with van der Waals surface area (Å²) in [7, 11) is -3.50. The first kappa shape index (κ1) is 23.1. The van der Waals surface area contributed by atoms with Gasteiger partial charge in [0.25, 0.3) is 0 Å². The molecule has 0 aromatic heterocycles. The van der Waals surface area contributed by atoms with E-state index in [0.717, 1.165) is 5.56 Å². The van der Waals surface area contributed by atoms with Crippen molar-refractivity contribution in [2.75, 3.05) is 13.1 Å². The fourth-order valence-corrected chi connectivity index (χ4v) is 4.22. The van der Waals surface area contributed by atoms with E-state index in [1.165, 1.54) is 4.31 Å². The van der Waals surface area contributed by atoms with E-state index >= 15 is 0 Å². The Bertz CT molecular complexity index is 725. The molecule has 0 aliphatic carbocycles. The molecule has 8 heteroatoms. The number of aliphatic carboxylic acids is 1. The number of sulfonamides is 1. The molecule has 27 heavy (non-hydrogen) atoms. The minimum absolute atomic E-state index is 0.143. The van der Waals surface area contributed by atoms with Crippen molar-refractivity contribution in [1.29, 1.82) is 0 Å². The van der Waals surface area contributed by atoms with Crippen LogP contribution >= 0.6 is 0 Å². The number of hydrogen-bond acceptors (Lipinski definition) is 4. The van der Waals surface area contributed by atoms with E-state index in [0.29, 0.717) is 25.9 Å². The summed E-state index contributed by atoms with van der Waals surface area (Å²) in [6.07, 6.45) is 0.925. The number of carbonyl (C=O) groups is 2. The number of hydrogen-bond donors (Lipinski definition) is 2. The molecule has 0 radical (unpaired) electrons. The molecule has 0 aliphatic rings. The summed E-state index contributed by atoms with van der Waals surface area (Å²) >= 11 is 0. The van der Waals surface area contributed by atoms with Crippen LogP contribution in [0.2, 0.25) is 0 Å². The molecule has 1 aromatic carbocycles. The van der Waals surface area contributed by atoms with Crippen LogP contribution in [0.1, 0.15) is 46.1 Å². The summed E-state index contributed by atoms with van der Waals surface area (Å²) in [4.78, 5) is 23.5. The number of carbonyl (C=O) groups excluding carboxylic acids is 1. The van der Waals surface area contributed by atoms with Gasteiger partial charge in [-0.3, -0.25) is 4.79 Å². The third kappa shape index (κ3) is 6.95. The molecule has 0 bridgehead atoms. The van der Waals surface area contributed by atoms with Crippen molar-refractivity contribution in [1.82, 2.24) is 9.62 Å². The number of carboxylic acids is 1. The molecule has 1 aromatic rings. The smallest absolute Gasteiger partial charge is 0.326 e. The molecule has 0 aliphatic heterocycles. The maximum Gasteiger partial charge on any atom is 0.326 e. The lowest BCUT2D eigenvalue weighted by atomic mass is 10.0. The Morgan fingerprint density at radius 2 is 1.67 bits per heavy atom. The first-order valence-corrected chi connectivity index (χ1v) is 10.7. The summed E-state index contributed by atoms with van der Waals surface area (Å²) in [5.41, 5.74) is 0.819. The zero-order valence-electron chi connectivity index (χ0n) is 16.4. The van der Waals surface area contributed by atoms with Gasteiger partial charge >= 0.3 is 5.97 Å². The molecule has 0 saturated heterocycles. The molecule has 7 nitrogen and oxygen atoms in total. The summed E-state index contributed by atoms with van der Waals surface area (Å²) in [5.74, 6) is -1.21. The third-order valence-electron chi connectivity index (χ3n) is 4.25. The Balaban J connectivity index is 2.68. The van der Waals surface area contributed by atoms with Gasteiger partial charge in [0, 0.05) is 19.5 Å². The van der Waals surface area contributed by atoms with Gasteiger partial charge in [0.2, 0.25) is 15.9 Å². The van der Waals surface area contributed by atoms with Gasteiger partial charge in [-0.1, -0.05) is 39.8 Å². The molecule has 0 spiro atoms. The molecule has 1 rings (SSSR count). The highest BCUT2D eigenvalue weighted by Crippen LogP contribution is 2.17. The summed E-state index contributed by atoms with van der Waals surface area (Å²) in [6.45, 7) is 8.19. The van der Waals surface area contributed by atoms with Crippen LogP contribution in [0, 0.1) is 5.92 Å². The molecule has 0 fully saturated rings. The normalized spacial score (nSPS) is 13.0. The lowest BCUT2D eigenvalue weighted by Gasteiger charge is -2.18. The van der Waals surface area contributed by atoms with Gasteiger partial charge in [0.15, 0.2) is 0 Å². The monoisotopic (exact) mass is 398 g/mol. The van der Waals surface area contributed by atoms with Crippen LogP contribution in [-0.4, -0.2) is 48.8 Å². The van der Waals surface area contributed by atoms with Crippen molar-refractivity contribution in [2.24, 2.45) is 5.92 Å². The van der Waals surface area contributed by atoms with Gasteiger partial charge in [0.1, 0.15) is 6.04 Å². The molecule has 2 N–H and O–H groups in total. The van der Waals surface area contributed by atoms with Crippen molar-refractivity contribution in [3.05, 3.63) is 29.8 Å². The number of carboxylic acid groups (broad SMARTS) is 1. The second kappa shape index (κ2) is 10.4. The average molecular weight is 399 g/mol. The lowest BCUT2D eigenvalue weighted by molar-refractivity contribution is -0.142. The minimum Gasteiger partial charge on any atom is -0.480 e. The highest BCUT2D eigenvalue weighted by molar-refractivity contribution is 7.89. The predicted octanol–water partition coefficient (Wildman–Crippen LogP) is 2.27. The standard InChI is InChI=1S/C19H30N2O5S/c1-5-21(6-2)27(25,26)16-10-7-15(8-11-16)9-12-18(22)20-17(19(23)24)13-14(3)4/h7-8,10-11,14,17H,5-6,9,12-13H2,1-4H3,(H,20,22)(H,23,24). The number of amides is 1. The fraction of sp³-hybridized carbons (Fsp3) is 0.579. The maximum absolute atomic E-state index is 12.5. The Hall–Kier alpha value is -1.93. The quantitative estimate of drug-likeness (QED) is 0.595. The van der Waals surface area contributed by atoms with Crippen LogP contribution in [0.5, 0.6) is 0 Å². The Labute approximate surface area is 161 Å².